The van der Waals surface area contributed by atoms with Gasteiger partial charge in [0.25, 0.3) is 11.5 Å². The van der Waals surface area contributed by atoms with Crippen molar-refractivity contribution in [3.8, 4) is 5.75 Å². The number of hydrogen-bond acceptors (Lipinski definition) is 5. The largest absolute Gasteiger partial charge is 0.505 e. The standard InChI is InChI=1S/C20H20N4O4/c1-21-16(25)7-9-22-19(27)17-18(26)14-8-10-24(20(28)15(14)11-23-17)12-13-5-3-2-4-6-13/h2-6,8,10-11,26H,7,9,12H2,1H3,(H,21,25)(H,22,27). The summed E-state index contributed by atoms with van der Waals surface area (Å²) in [5, 5.41) is 15.9. The summed E-state index contributed by atoms with van der Waals surface area (Å²) in [6, 6.07) is 11.1. The molecular weight excluding hydrogens is 360 g/mol. The van der Waals surface area contributed by atoms with Gasteiger partial charge in [-0.05, 0) is 11.6 Å². The van der Waals surface area contributed by atoms with Gasteiger partial charge in [0.1, 0.15) is 0 Å². The maximum Gasteiger partial charge on any atom is 0.273 e. The summed E-state index contributed by atoms with van der Waals surface area (Å²) in [5.74, 6) is -1.19. The van der Waals surface area contributed by atoms with Crippen LogP contribution in [-0.2, 0) is 11.3 Å². The molecule has 0 fully saturated rings. The van der Waals surface area contributed by atoms with E-state index in [1.807, 2.05) is 30.3 Å². The third kappa shape index (κ3) is 4.01. The summed E-state index contributed by atoms with van der Waals surface area (Å²) in [5.41, 5.74) is 0.466. The van der Waals surface area contributed by atoms with E-state index < -0.39 is 5.91 Å². The summed E-state index contributed by atoms with van der Waals surface area (Å²) in [6.45, 7) is 0.494. The van der Waals surface area contributed by atoms with E-state index in [1.165, 1.54) is 17.8 Å². The second-order valence-electron chi connectivity index (χ2n) is 6.20. The van der Waals surface area contributed by atoms with Crippen molar-refractivity contribution in [2.45, 2.75) is 13.0 Å². The smallest absolute Gasteiger partial charge is 0.273 e. The van der Waals surface area contributed by atoms with Crippen molar-refractivity contribution in [2.75, 3.05) is 13.6 Å². The Morgan fingerprint density at radius 1 is 1.14 bits per heavy atom. The molecule has 0 radical (unpaired) electrons. The average molecular weight is 380 g/mol. The Bertz CT molecular complexity index is 1080. The number of carbonyl (C=O) groups excluding carboxylic acids is 2. The summed E-state index contributed by atoms with van der Waals surface area (Å²) in [6.07, 6.45) is 2.97. The molecule has 0 saturated heterocycles. The van der Waals surface area contributed by atoms with Crippen LogP contribution in [0.4, 0.5) is 0 Å². The van der Waals surface area contributed by atoms with Gasteiger partial charge in [0.15, 0.2) is 11.4 Å². The first-order valence-corrected chi connectivity index (χ1v) is 8.75. The van der Waals surface area contributed by atoms with Gasteiger partial charge in [-0.2, -0.15) is 0 Å². The third-order valence-electron chi connectivity index (χ3n) is 4.33. The molecule has 0 aliphatic heterocycles. The fourth-order valence-corrected chi connectivity index (χ4v) is 2.81. The number of aromatic hydroxyl groups is 1. The first kappa shape index (κ1) is 19.1. The highest BCUT2D eigenvalue weighted by Crippen LogP contribution is 2.24. The van der Waals surface area contributed by atoms with Crippen molar-refractivity contribution in [1.29, 1.82) is 0 Å². The van der Waals surface area contributed by atoms with Crippen molar-refractivity contribution in [2.24, 2.45) is 0 Å². The van der Waals surface area contributed by atoms with E-state index in [1.54, 1.807) is 12.3 Å². The Labute approximate surface area is 160 Å². The molecule has 8 nitrogen and oxygen atoms in total. The summed E-state index contributed by atoms with van der Waals surface area (Å²) in [4.78, 5) is 40.1. The average Bonchev–Trinajstić information content (AvgIpc) is 2.71. The lowest BCUT2D eigenvalue weighted by Crippen LogP contribution is -2.30. The van der Waals surface area contributed by atoms with Crippen LogP contribution in [0.15, 0.2) is 53.6 Å². The maximum absolute atomic E-state index is 12.7. The van der Waals surface area contributed by atoms with Crippen molar-refractivity contribution in [3.63, 3.8) is 0 Å². The molecule has 3 rings (SSSR count). The van der Waals surface area contributed by atoms with Crippen LogP contribution in [-0.4, -0.2) is 40.1 Å². The Kier molecular flexibility index (Phi) is 5.69. The molecule has 0 aliphatic carbocycles. The predicted octanol–water partition coefficient (Wildman–Crippen LogP) is 1.02. The molecule has 0 unspecified atom stereocenters. The van der Waals surface area contributed by atoms with E-state index in [9.17, 15) is 19.5 Å². The van der Waals surface area contributed by atoms with Crippen LogP contribution < -0.4 is 16.2 Å². The topological polar surface area (TPSA) is 113 Å². The van der Waals surface area contributed by atoms with Gasteiger partial charge in [0.2, 0.25) is 5.91 Å². The Balaban J connectivity index is 1.86. The van der Waals surface area contributed by atoms with E-state index in [4.69, 9.17) is 0 Å². The minimum absolute atomic E-state index is 0.107. The fourth-order valence-electron chi connectivity index (χ4n) is 2.81. The SMILES string of the molecule is CNC(=O)CCNC(=O)c1ncc2c(=O)n(Cc3ccccc3)ccc2c1O. The van der Waals surface area contributed by atoms with E-state index in [0.717, 1.165) is 5.56 Å². The molecule has 8 heteroatoms. The molecule has 3 aromatic rings. The molecule has 28 heavy (non-hydrogen) atoms. The molecule has 0 atom stereocenters. The highest BCUT2D eigenvalue weighted by molar-refractivity contribution is 6.01. The first-order valence-electron chi connectivity index (χ1n) is 8.75. The van der Waals surface area contributed by atoms with Gasteiger partial charge in [-0.15, -0.1) is 0 Å². The number of aromatic nitrogens is 2. The quantitative estimate of drug-likeness (QED) is 0.591. The molecule has 2 aromatic heterocycles. The monoisotopic (exact) mass is 380 g/mol. The summed E-state index contributed by atoms with van der Waals surface area (Å²) < 4.78 is 1.52. The minimum atomic E-state index is -0.614. The summed E-state index contributed by atoms with van der Waals surface area (Å²) >= 11 is 0. The first-order chi connectivity index (χ1) is 13.5. The zero-order valence-corrected chi connectivity index (χ0v) is 15.3. The molecule has 144 valence electrons. The normalized spacial score (nSPS) is 10.6. The van der Waals surface area contributed by atoms with Gasteiger partial charge in [-0.25, -0.2) is 4.98 Å². The Hall–Kier alpha value is -3.68. The predicted molar refractivity (Wildman–Crippen MR) is 104 cm³/mol. The Morgan fingerprint density at radius 3 is 2.61 bits per heavy atom. The number of pyridine rings is 2. The second kappa shape index (κ2) is 8.34. The van der Waals surface area contributed by atoms with Crippen LogP contribution in [0, 0.1) is 0 Å². The number of amides is 2. The summed E-state index contributed by atoms with van der Waals surface area (Å²) in [7, 11) is 1.51. The van der Waals surface area contributed by atoms with Gasteiger partial charge in [0.05, 0.1) is 11.9 Å². The van der Waals surface area contributed by atoms with E-state index in [2.05, 4.69) is 15.6 Å². The van der Waals surface area contributed by atoms with Gasteiger partial charge in [-0.1, -0.05) is 30.3 Å². The van der Waals surface area contributed by atoms with Gasteiger partial charge < -0.3 is 20.3 Å². The van der Waals surface area contributed by atoms with E-state index in [0.29, 0.717) is 6.54 Å². The van der Waals surface area contributed by atoms with Crippen molar-refractivity contribution in [3.05, 3.63) is 70.4 Å². The van der Waals surface area contributed by atoms with Gasteiger partial charge >= 0.3 is 0 Å². The molecular formula is C20H20N4O4. The minimum Gasteiger partial charge on any atom is -0.505 e. The highest BCUT2D eigenvalue weighted by Gasteiger charge is 2.17. The molecule has 2 heterocycles. The molecule has 0 saturated carbocycles. The lowest BCUT2D eigenvalue weighted by Gasteiger charge is -2.10. The fraction of sp³-hybridized carbons (Fsp3) is 0.200. The third-order valence-corrected chi connectivity index (χ3v) is 4.33. The van der Waals surface area contributed by atoms with Crippen molar-refractivity contribution in [1.82, 2.24) is 20.2 Å². The number of carbonyl (C=O) groups is 2. The van der Waals surface area contributed by atoms with E-state index in [-0.39, 0.29) is 46.6 Å². The molecule has 0 aliphatic rings. The van der Waals surface area contributed by atoms with Crippen LogP contribution in [0.5, 0.6) is 5.75 Å². The van der Waals surface area contributed by atoms with Gasteiger partial charge in [-0.3, -0.25) is 14.4 Å². The molecule has 1 aromatic carbocycles. The number of nitrogens with zero attached hydrogens (tertiary/aromatic N) is 2. The number of fused-ring (bicyclic) bond motifs is 1. The van der Waals surface area contributed by atoms with Crippen LogP contribution in [0.1, 0.15) is 22.5 Å². The van der Waals surface area contributed by atoms with E-state index >= 15 is 0 Å². The van der Waals surface area contributed by atoms with Crippen LogP contribution in [0.25, 0.3) is 10.8 Å². The molecule has 3 N–H and O–H groups in total. The van der Waals surface area contributed by atoms with Crippen LogP contribution >= 0.6 is 0 Å². The number of nitrogens with one attached hydrogen (secondary N) is 2. The number of hydrogen-bond donors (Lipinski definition) is 3. The molecule has 0 bridgehead atoms. The van der Waals surface area contributed by atoms with Crippen LogP contribution in [0.3, 0.4) is 0 Å². The van der Waals surface area contributed by atoms with Gasteiger partial charge in [0, 0.05) is 37.8 Å². The zero-order valence-electron chi connectivity index (χ0n) is 15.3. The lowest BCUT2D eigenvalue weighted by molar-refractivity contribution is -0.120. The van der Waals surface area contributed by atoms with Crippen molar-refractivity contribution < 1.29 is 14.7 Å². The van der Waals surface area contributed by atoms with Crippen molar-refractivity contribution >= 4 is 22.6 Å². The van der Waals surface area contributed by atoms with Crippen LogP contribution in [0.2, 0.25) is 0 Å². The second-order valence-corrected chi connectivity index (χ2v) is 6.20. The highest BCUT2D eigenvalue weighted by atomic mass is 16.3. The molecule has 2 amide bonds. The lowest BCUT2D eigenvalue weighted by atomic mass is 10.1. The number of benzene rings is 1. The number of rotatable bonds is 6. The zero-order chi connectivity index (χ0) is 20.1. The Morgan fingerprint density at radius 2 is 1.89 bits per heavy atom. The maximum atomic E-state index is 12.7. The molecule has 0 spiro atoms.